The summed E-state index contributed by atoms with van der Waals surface area (Å²) >= 11 is 1.27. The summed E-state index contributed by atoms with van der Waals surface area (Å²) < 4.78 is 29.5. The third kappa shape index (κ3) is 5.32. The lowest BCUT2D eigenvalue weighted by molar-refractivity contribution is -0.143. The number of nitrogens with zero attached hydrogens (tertiary/aromatic N) is 3. The molecule has 1 aliphatic heterocycles. The average molecular weight is 596 g/mol. The number of halogens is 1. The molecule has 0 aliphatic carbocycles. The lowest BCUT2D eigenvalue weighted by Crippen LogP contribution is -2.40. The van der Waals surface area contributed by atoms with Crippen molar-refractivity contribution in [1.29, 1.82) is 0 Å². The molecular weight excluding hydrogens is 565 g/mol. The van der Waals surface area contributed by atoms with Crippen molar-refractivity contribution in [2.45, 2.75) is 39.5 Å². The number of rotatable bonds is 7. The van der Waals surface area contributed by atoms with Gasteiger partial charge in [-0.1, -0.05) is 59.9 Å². The molecule has 0 saturated carbocycles. The zero-order chi connectivity index (χ0) is 30.2. The first-order valence-electron chi connectivity index (χ1n) is 13.9. The Balaban J connectivity index is 1.51. The maximum atomic E-state index is 14.5. The van der Waals surface area contributed by atoms with Crippen molar-refractivity contribution in [2.24, 2.45) is 4.99 Å². The van der Waals surface area contributed by atoms with Crippen LogP contribution in [0.25, 0.3) is 17.0 Å². The van der Waals surface area contributed by atoms with Crippen LogP contribution < -0.4 is 19.6 Å². The van der Waals surface area contributed by atoms with E-state index in [1.54, 1.807) is 56.7 Å². The van der Waals surface area contributed by atoms with E-state index in [0.717, 1.165) is 22.0 Å². The molecule has 0 bridgehead atoms. The van der Waals surface area contributed by atoms with Crippen molar-refractivity contribution in [3.63, 3.8) is 0 Å². The molecule has 9 heteroatoms. The van der Waals surface area contributed by atoms with Gasteiger partial charge < -0.3 is 14.0 Å². The Hall–Kier alpha value is -4.76. The molecule has 1 aliphatic rings. The number of thiazole rings is 1. The van der Waals surface area contributed by atoms with E-state index < -0.39 is 12.0 Å². The van der Waals surface area contributed by atoms with Crippen LogP contribution >= 0.6 is 11.3 Å². The predicted octanol–water partition coefficient (Wildman–Crippen LogP) is 5.34. The van der Waals surface area contributed by atoms with Crippen LogP contribution in [0.3, 0.4) is 0 Å². The van der Waals surface area contributed by atoms with Crippen molar-refractivity contribution in [3.05, 3.63) is 132 Å². The van der Waals surface area contributed by atoms with Crippen LogP contribution in [0, 0.1) is 5.82 Å². The summed E-state index contributed by atoms with van der Waals surface area (Å²) in [5.41, 5.74) is 3.62. The van der Waals surface area contributed by atoms with E-state index in [-0.39, 0.29) is 17.5 Å². The number of hydrogen-bond donors (Lipinski definition) is 0. The number of hydrogen-bond acceptors (Lipinski definition) is 6. The molecule has 0 fully saturated rings. The van der Waals surface area contributed by atoms with Crippen LogP contribution in [-0.4, -0.2) is 28.3 Å². The Kier molecular flexibility index (Phi) is 7.58. The van der Waals surface area contributed by atoms with Gasteiger partial charge in [0.15, 0.2) is 4.80 Å². The number of para-hydroxylation sites is 1. The van der Waals surface area contributed by atoms with E-state index in [9.17, 15) is 14.0 Å². The normalized spacial score (nSPS) is 15.1. The van der Waals surface area contributed by atoms with Crippen LogP contribution in [0.2, 0.25) is 0 Å². The zero-order valence-corrected chi connectivity index (χ0v) is 25.0. The highest BCUT2D eigenvalue weighted by molar-refractivity contribution is 7.07. The Bertz CT molecular complexity index is 2070. The topological polar surface area (TPSA) is 74.8 Å². The quantitative estimate of drug-likeness (QED) is 0.238. The predicted molar refractivity (Wildman–Crippen MR) is 165 cm³/mol. The molecule has 0 amide bonds. The second-order valence-electron chi connectivity index (χ2n) is 10.6. The maximum absolute atomic E-state index is 14.5. The summed E-state index contributed by atoms with van der Waals surface area (Å²) in [6.07, 6.45) is 3.45. The number of ether oxygens (including phenoxy) is 2. The van der Waals surface area contributed by atoms with Crippen molar-refractivity contribution in [3.8, 4) is 5.75 Å². The van der Waals surface area contributed by atoms with Gasteiger partial charge in [-0.15, -0.1) is 0 Å². The summed E-state index contributed by atoms with van der Waals surface area (Å²) in [6.45, 7) is 5.68. The molecule has 0 N–H and O–H groups in total. The fourth-order valence-corrected chi connectivity index (χ4v) is 6.47. The summed E-state index contributed by atoms with van der Waals surface area (Å²) in [7, 11) is 1.58. The van der Waals surface area contributed by atoms with Crippen molar-refractivity contribution in [1.82, 2.24) is 9.13 Å². The number of methoxy groups -OCH3 is 1. The lowest BCUT2D eigenvalue weighted by atomic mass is 9.96. The van der Waals surface area contributed by atoms with Crippen LogP contribution in [0.4, 0.5) is 4.39 Å². The van der Waals surface area contributed by atoms with Gasteiger partial charge in [-0.25, -0.2) is 14.2 Å². The van der Waals surface area contributed by atoms with Gasteiger partial charge in [0.05, 0.1) is 41.6 Å². The largest absolute Gasteiger partial charge is 0.497 e. The molecule has 1 atom stereocenters. The molecule has 0 saturated heterocycles. The van der Waals surface area contributed by atoms with Gasteiger partial charge in [0.25, 0.3) is 5.56 Å². The smallest absolute Gasteiger partial charge is 0.338 e. The van der Waals surface area contributed by atoms with Crippen LogP contribution in [0.15, 0.2) is 100 Å². The SMILES string of the molecule is COc1ccc([C@H]2C(C(=O)OC(C)C)=C(C)N=c3s/c(=C\c4cn(Cc5ccccc5F)c5ccccc45)c(=O)n32)cc1. The highest BCUT2D eigenvalue weighted by Crippen LogP contribution is 2.32. The highest BCUT2D eigenvalue weighted by Gasteiger charge is 2.33. The average Bonchev–Trinajstić information content (AvgIpc) is 3.49. The highest BCUT2D eigenvalue weighted by atomic mass is 32.1. The fraction of sp³-hybridized carbons (Fsp3) is 0.206. The minimum Gasteiger partial charge on any atom is -0.497 e. The second-order valence-corrected chi connectivity index (χ2v) is 11.6. The number of fused-ring (bicyclic) bond motifs is 2. The Morgan fingerprint density at radius 3 is 2.51 bits per heavy atom. The molecule has 0 spiro atoms. The standard InChI is InChI=1S/C34H30FN3O4S/c1-20(2)42-33(40)30-21(3)36-34-38(31(30)22-13-15-25(41-4)16-14-22)32(39)29(43-34)17-24-19-37(28-12-8-6-10-26(24)28)18-23-9-5-7-11-27(23)35/h5-17,19-20,31H,18H2,1-4H3/b29-17-/t31-/m0/s1. The van der Waals surface area contributed by atoms with Crippen molar-refractivity contribution < 1.29 is 18.7 Å². The molecule has 3 heterocycles. The number of aromatic nitrogens is 2. The summed E-state index contributed by atoms with van der Waals surface area (Å²) in [4.78, 5) is 32.7. The molecule has 218 valence electrons. The number of carbonyl (C=O) groups is 1. The van der Waals surface area contributed by atoms with Crippen LogP contribution in [0.1, 0.15) is 43.5 Å². The van der Waals surface area contributed by atoms with E-state index in [2.05, 4.69) is 4.99 Å². The van der Waals surface area contributed by atoms with E-state index in [1.165, 1.54) is 17.4 Å². The maximum Gasteiger partial charge on any atom is 0.338 e. The number of allylic oxidation sites excluding steroid dienone is 1. The molecule has 6 rings (SSSR count). The van der Waals surface area contributed by atoms with Crippen LogP contribution in [-0.2, 0) is 16.1 Å². The van der Waals surface area contributed by atoms with Gasteiger partial charge in [-0.2, -0.15) is 0 Å². The third-order valence-corrected chi connectivity index (χ3v) is 8.40. The van der Waals surface area contributed by atoms with Crippen molar-refractivity contribution in [2.75, 3.05) is 7.11 Å². The van der Waals surface area contributed by atoms with Gasteiger partial charge in [-0.3, -0.25) is 9.36 Å². The first kappa shape index (κ1) is 28.4. The van der Waals surface area contributed by atoms with Gasteiger partial charge in [0, 0.05) is 28.2 Å². The van der Waals surface area contributed by atoms with E-state index >= 15 is 0 Å². The molecule has 43 heavy (non-hydrogen) atoms. The van der Waals surface area contributed by atoms with Crippen molar-refractivity contribution >= 4 is 34.3 Å². The van der Waals surface area contributed by atoms with Gasteiger partial charge in [-0.05, 0) is 56.7 Å². The van der Waals surface area contributed by atoms with E-state index in [4.69, 9.17) is 9.47 Å². The summed E-state index contributed by atoms with van der Waals surface area (Å²) in [5, 5.41) is 0.939. The van der Waals surface area contributed by atoms with Crippen LogP contribution in [0.5, 0.6) is 5.75 Å². The molecule has 0 radical (unpaired) electrons. The molecule has 3 aromatic carbocycles. The Morgan fingerprint density at radius 2 is 1.79 bits per heavy atom. The Morgan fingerprint density at radius 1 is 1.07 bits per heavy atom. The molecule has 5 aromatic rings. The minimum atomic E-state index is -0.724. The second kappa shape index (κ2) is 11.5. The minimum absolute atomic E-state index is 0.266. The summed E-state index contributed by atoms with van der Waals surface area (Å²) in [6, 6.07) is 21.1. The third-order valence-electron chi connectivity index (χ3n) is 7.42. The van der Waals surface area contributed by atoms with E-state index in [1.807, 2.05) is 59.3 Å². The molecule has 0 unspecified atom stereocenters. The molecular formula is C34H30FN3O4S. The number of benzene rings is 3. The fourth-order valence-electron chi connectivity index (χ4n) is 5.43. The van der Waals surface area contributed by atoms with E-state index in [0.29, 0.717) is 38.5 Å². The zero-order valence-electron chi connectivity index (χ0n) is 24.2. The molecule has 2 aromatic heterocycles. The summed E-state index contributed by atoms with van der Waals surface area (Å²) in [5.74, 6) is -0.117. The van der Waals surface area contributed by atoms with Gasteiger partial charge in [0.2, 0.25) is 0 Å². The first-order chi connectivity index (χ1) is 20.7. The monoisotopic (exact) mass is 595 g/mol. The number of esters is 1. The lowest BCUT2D eigenvalue weighted by Gasteiger charge is -2.25. The Labute approximate surface area is 251 Å². The van der Waals surface area contributed by atoms with Gasteiger partial charge >= 0.3 is 5.97 Å². The molecule has 7 nitrogen and oxygen atoms in total. The first-order valence-corrected chi connectivity index (χ1v) is 14.8. The number of carbonyl (C=O) groups excluding carboxylic acids is 1. The van der Waals surface area contributed by atoms with Gasteiger partial charge in [0.1, 0.15) is 11.6 Å².